The van der Waals surface area contributed by atoms with E-state index in [9.17, 15) is 22.4 Å². The lowest BCUT2D eigenvalue weighted by Gasteiger charge is -2.18. The van der Waals surface area contributed by atoms with Crippen molar-refractivity contribution in [2.45, 2.75) is 37.9 Å². The molecule has 0 saturated heterocycles. The molecule has 3 atom stereocenters. The number of nitrogens with two attached hydrogens (primary N) is 1. The van der Waals surface area contributed by atoms with Crippen molar-refractivity contribution in [3.63, 3.8) is 0 Å². The average Bonchev–Trinajstić information content (AvgIpc) is 3.42. The van der Waals surface area contributed by atoms with Crippen LogP contribution in [0.15, 0.2) is 48.9 Å². The Hall–Kier alpha value is -4.09. The molecule has 36 heavy (non-hydrogen) atoms. The Morgan fingerprint density at radius 2 is 2.06 bits per heavy atom. The Labute approximate surface area is 202 Å². The maximum absolute atomic E-state index is 14.8. The van der Waals surface area contributed by atoms with Crippen molar-refractivity contribution in [3.8, 4) is 11.5 Å². The number of amides is 1. The first kappa shape index (κ1) is 23.6. The van der Waals surface area contributed by atoms with Gasteiger partial charge in [0.15, 0.2) is 0 Å². The van der Waals surface area contributed by atoms with Crippen LogP contribution in [0.2, 0.25) is 0 Å². The number of nitrogen functional groups attached to an aromatic ring is 1. The van der Waals surface area contributed by atoms with Crippen LogP contribution < -0.4 is 20.5 Å². The van der Waals surface area contributed by atoms with Gasteiger partial charge in [0.05, 0.1) is 23.6 Å². The highest BCUT2D eigenvalue weighted by Crippen LogP contribution is 2.42. The lowest BCUT2D eigenvalue weighted by atomic mass is 9.94. The van der Waals surface area contributed by atoms with Gasteiger partial charge in [-0.05, 0) is 24.3 Å². The largest absolute Gasteiger partial charge is 0.573 e. The second-order valence-electron chi connectivity index (χ2n) is 8.58. The van der Waals surface area contributed by atoms with Gasteiger partial charge < -0.3 is 20.5 Å². The first-order valence-electron chi connectivity index (χ1n) is 11.1. The Morgan fingerprint density at radius 1 is 1.25 bits per heavy atom. The highest BCUT2D eigenvalue weighted by molar-refractivity contribution is 5.98. The van der Waals surface area contributed by atoms with Crippen LogP contribution >= 0.6 is 0 Å². The van der Waals surface area contributed by atoms with E-state index in [-0.39, 0.29) is 24.6 Å². The van der Waals surface area contributed by atoms with Gasteiger partial charge in [0, 0.05) is 36.1 Å². The summed E-state index contributed by atoms with van der Waals surface area (Å²) < 4.78 is 63.6. The molecule has 2 aromatic heterocycles. The fourth-order valence-corrected chi connectivity index (χ4v) is 4.36. The molecule has 5 rings (SSSR count). The molecular weight excluding hydrogens is 482 g/mol. The number of imidazole rings is 1. The van der Waals surface area contributed by atoms with E-state index in [1.807, 2.05) is 0 Å². The summed E-state index contributed by atoms with van der Waals surface area (Å²) in [7, 11) is 0. The quantitative estimate of drug-likeness (QED) is 0.379. The minimum Gasteiger partial charge on any atom is -0.489 e. The maximum atomic E-state index is 14.8. The lowest BCUT2D eigenvalue weighted by Crippen LogP contribution is -2.33. The Bertz CT molecular complexity index is 1460. The number of ether oxygens (including phenoxy) is 2. The second-order valence-corrected chi connectivity index (χ2v) is 8.58. The number of rotatable bonds is 6. The first-order chi connectivity index (χ1) is 17.1. The monoisotopic (exact) mass is 503 g/mol. The van der Waals surface area contributed by atoms with Gasteiger partial charge in [-0.25, -0.2) is 14.4 Å². The fraction of sp³-hybridized carbons (Fsp3) is 0.292. The highest BCUT2D eigenvalue weighted by atomic mass is 19.4. The van der Waals surface area contributed by atoms with Crippen LogP contribution in [0.25, 0.3) is 16.6 Å². The predicted molar refractivity (Wildman–Crippen MR) is 123 cm³/mol. The first-order valence-corrected chi connectivity index (χ1v) is 11.1. The number of carbonyl (C=O) groups is 1. The minimum atomic E-state index is -4.82. The third-order valence-corrected chi connectivity index (χ3v) is 6.16. The molecule has 3 heterocycles. The summed E-state index contributed by atoms with van der Waals surface area (Å²) >= 11 is 0. The zero-order valence-corrected chi connectivity index (χ0v) is 18.9. The van der Waals surface area contributed by atoms with Crippen molar-refractivity contribution < 1.29 is 31.8 Å². The standard InChI is InChI=1S/C24H21F4N5O3/c1-12-16-4-3-15(36-24(26,27)28)8-21(16)35-20(12)7-14(25)9-31-23(34)13-2-5-17-18(6-13)33-11-30-10-19(33)22(29)32-17/h2-6,8,10-12,14,20H,7,9H2,1H3,(H2,29,32)(H,31,34)/t12-,14+,20?/m0/s1. The Morgan fingerprint density at radius 3 is 2.83 bits per heavy atom. The smallest absolute Gasteiger partial charge is 0.489 e. The number of nitrogens with zero attached hydrogens (tertiary/aromatic N) is 3. The van der Waals surface area contributed by atoms with E-state index in [0.29, 0.717) is 33.5 Å². The summed E-state index contributed by atoms with van der Waals surface area (Å²) in [5, 5.41) is 2.58. The summed E-state index contributed by atoms with van der Waals surface area (Å²) in [6.45, 7) is 1.54. The summed E-state index contributed by atoms with van der Waals surface area (Å²) in [4.78, 5) is 21.0. The number of alkyl halides is 4. The van der Waals surface area contributed by atoms with Gasteiger partial charge >= 0.3 is 6.36 Å². The van der Waals surface area contributed by atoms with Gasteiger partial charge in [0.25, 0.3) is 5.91 Å². The van der Waals surface area contributed by atoms with E-state index >= 15 is 0 Å². The number of carbonyl (C=O) groups excluding carboxylic acids is 1. The molecule has 0 aliphatic carbocycles. The summed E-state index contributed by atoms with van der Waals surface area (Å²) in [6, 6.07) is 8.67. The van der Waals surface area contributed by atoms with Gasteiger partial charge in [-0.3, -0.25) is 9.20 Å². The normalized spacial score (nSPS) is 18.1. The van der Waals surface area contributed by atoms with E-state index in [4.69, 9.17) is 10.5 Å². The summed E-state index contributed by atoms with van der Waals surface area (Å²) in [5.74, 6) is -0.581. The number of anilines is 1. The van der Waals surface area contributed by atoms with Gasteiger partial charge in [-0.1, -0.05) is 13.0 Å². The van der Waals surface area contributed by atoms with Crippen LogP contribution in [-0.2, 0) is 0 Å². The van der Waals surface area contributed by atoms with Gasteiger partial charge in [-0.15, -0.1) is 13.2 Å². The number of hydrogen-bond donors (Lipinski definition) is 2. The van der Waals surface area contributed by atoms with Crippen LogP contribution in [0.1, 0.15) is 35.2 Å². The van der Waals surface area contributed by atoms with Crippen molar-refractivity contribution >= 4 is 28.3 Å². The number of aromatic nitrogens is 3. The van der Waals surface area contributed by atoms with Crippen LogP contribution in [0, 0.1) is 0 Å². The van der Waals surface area contributed by atoms with Gasteiger partial charge in [0.2, 0.25) is 0 Å². The molecule has 1 amide bonds. The van der Waals surface area contributed by atoms with Crippen molar-refractivity contribution in [2.24, 2.45) is 0 Å². The van der Waals surface area contributed by atoms with E-state index in [1.54, 1.807) is 42.0 Å². The van der Waals surface area contributed by atoms with Gasteiger partial charge in [-0.2, -0.15) is 0 Å². The van der Waals surface area contributed by atoms with E-state index < -0.39 is 30.3 Å². The molecule has 0 radical (unpaired) electrons. The zero-order valence-electron chi connectivity index (χ0n) is 18.9. The van der Waals surface area contributed by atoms with Crippen LogP contribution in [0.3, 0.4) is 0 Å². The third kappa shape index (κ3) is 4.58. The molecule has 1 aliphatic heterocycles. The van der Waals surface area contributed by atoms with Crippen LogP contribution in [-0.4, -0.2) is 45.5 Å². The topological polar surface area (TPSA) is 104 Å². The predicted octanol–water partition coefficient (Wildman–Crippen LogP) is 4.39. The summed E-state index contributed by atoms with van der Waals surface area (Å²) in [6.07, 6.45) is -3.78. The molecule has 0 bridgehead atoms. The third-order valence-electron chi connectivity index (χ3n) is 6.16. The Kier molecular flexibility index (Phi) is 5.81. The molecule has 1 unspecified atom stereocenters. The van der Waals surface area contributed by atoms with Crippen molar-refractivity contribution in [3.05, 3.63) is 60.0 Å². The Balaban J connectivity index is 1.21. The van der Waals surface area contributed by atoms with Gasteiger partial charge in [0.1, 0.15) is 35.1 Å². The molecule has 1 aliphatic rings. The zero-order chi connectivity index (χ0) is 25.6. The average molecular weight is 503 g/mol. The minimum absolute atomic E-state index is 0.0534. The number of benzene rings is 2. The number of nitrogens with one attached hydrogen (secondary N) is 1. The molecule has 188 valence electrons. The van der Waals surface area contributed by atoms with Crippen molar-refractivity contribution in [2.75, 3.05) is 12.3 Å². The second kappa shape index (κ2) is 8.85. The number of halogens is 4. The SMILES string of the molecule is C[C@H]1c2ccc(OC(F)(F)F)cc2OC1C[C@@H](F)CNC(=O)c1ccc2nc(N)c3cncn3c2c1. The molecule has 0 saturated carbocycles. The highest BCUT2D eigenvalue weighted by Gasteiger charge is 2.35. The fourth-order valence-electron chi connectivity index (χ4n) is 4.36. The molecule has 2 aromatic carbocycles. The molecular formula is C24H21F4N5O3. The van der Waals surface area contributed by atoms with E-state index in [2.05, 4.69) is 20.0 Å². The maximum Gasteiger partial charge on any atom is 0.573 e. The number of hydrogen-bond acceptors (Lipinski definition) is 6. The van der Waals surface area contributed by atoms with E-state index in [1.165, 1.54) is 12.1 Å². The molecule has 0 spiro atoms. The van der Waals surface area contributed by atoms with Crippen molar-refractivity contribution in [1.82, 2.24) is 19.7 Å². The molecule has 12 heteroatoms. The van der Waals surface area contributed by atoms with Crippen molar-refractivity contribution in [1.29, 1.82) is 0 Å². The molecule has 8 nitrogen and oxygen atoms in total. The molecule has 0 fully saturated rings. The summed E-state index contributed by atoms with van der Waals surface area (Å²) in [5.41, 5.74) is 8.72. The molecule has 4 aromatic rings. The molecule has 3 N–H and O–H groups in total. The van der Waals surface area contributed by atoms with Crippen LogP contribution in [0.5, 0.6) is 11.5 Å². The number of fused-ring (bicyclic) bond motifs is 4. The lowest BCUT2D eigenvalue weighted by molar-refractivity contribution is -0.274. The van der Waals surface area contributed by atoms with E-state index in [0.717, 1.165) is 6.07 Å². The van der Waals surface area contributed by atoms with Crippen LogP contribution in [0.4, 0.5) is 23.4 Å².